The maximum atomic E-state index is 11.9. The van der Waals surface area contributed by atoms with E-state index in [0.29, 0.717) is 17.0 Å². The molecule has 0 aromatic carbocycles. The van der Waals surface area contributed by atoms with E-state index in [0.717, 1.165) is 12.8 Å². The van der Waals surface area contributed by atoms with Gasteiger partial charge in [-0.1, -0.05) is 23.8 Å². The number of urea groups is 1. The van der Waals surface area contributed by atoms with E-state index in [2.05, 4.69) is 27.0 Å². The summed E-state index contributed by atoms with van der Waals surface area (Å²) >= 11 is 10.9. The number of halogens is 1. The number of nitriles is 1. The number of aromatic nitrogens is 1. The van der Waals surface area contributed by atoms with Crippen molar-refractivity contribution >= 4 is 40.6 Å². The minimum atomic E-state index is -0.497. The summed E-state index contributed by atoms with van der Waals surface area (Å²) in [5, 5.41) is 17.4. The van der Waals surface area contributed by atoms with Crippen LogP contribution in [-0.4, -0.2) is 16.1 Å². The van der Waals surface area contributed by atoms with E-state index >= 15 is 0 Å². The molecule has 0 radical (unpaired) electrons. The quantitative estimate of drug-likeness (QED) is 0.556. The molecule has 3 N–H and O–H groups in total. The number of rotatable bonds is 2. The van der Waals surface area contributed by atoms with Crippen LogP contribution >= 0.6 is 23.8 Å². The summed E-state index contributed by atoms with van der Waals surface area (Å²) in [6, 6.07) is 4.73. The Morgan fingerprint density at radius 1 is 1.29 bits per heavy atom. The molecule has 0 fully saturated rings. The van der Waals surface area contributed by atoms with E-state index in [9.17, 15) is 4.79 Å². The third kappa shape index (κ3) is 5.83. The molecule has 0 saturated carbocycles. The predicted molar refractivity (Wildman–Crippen MR) is 97.3 cm³/mol. The highest BCUT2D eigenvalue weighted by atomic mass is 35.5. The summed E-state index contributed by atoms with van der Waals surface area (Å²) in [5.41, 5.74) is 1.81. The number of pyridine rings is 1. The van der Waals surface area contributed by atoms with Crippen molar-refractivity contribution < 1.29 is 4.79 Å². The standard InChI is InChI=1S/C16H14ClN5OS/c17-14-9-13(7-8-19-14)20-15(23)22-16(24)21-12-4-2-1-3-11(10-18)5-6-12/h3-9H,1-2H2,(H3,19,20,21,22,23,24)/b6-5?,11-3?,12-4-. The highest BCUT2D eigenvalue weighted by Crippen LogP contribution is 2.11. The van der Waals surface area contributed by atoms with Gasteiger partial charge in [0, 0.05) is 23.2 Å². The Labute approximate surface area is 149 Å². The van der Waals surface area contributed by atoms with Gasteiger partial charge in [-0.05, 0) is 49.3 Å². The Morgan fingerprint density at radius 2 is 2.08 bits per heavy atom. The van der Waals surface area contributed by atoms with Crippen LogP contribution in [0.3, 0.4) is 0 Å². The van der Waals surface area contributed by atoms with Crippen molar-refractivity contribution in [2.45, 2.75) is 12.8 Å². The van der Waals surface area contributed by atoms with Gasteiger partial charge in [0.25, 0.3) is 0 Å². The number of nitrogens with one attached hydrogen (secondary N) is 3. The third-order valence-corrected chi connectivity index (χ3v) is 3.35. The van der Waals surface area contributed by atoms with Crippen LogP contribution in [0.15, 0.2) is 53.9 Å². The molecule has 1 aliphatic carbocycles. The van der Waals surface area contributed by atoms with E-state index < -0.39 is 6.03 Å². The molecule has 122 valence electrons. The third-order valence-electron chi connectivity index (χ3n) is 2.94. The van der Waals surface area contributed by atoms with Crippen LogP contribution in [0.5, 0.6) is 0 Å². The van der Waals surface area contributed by atoms with Gasteiger partial charge in [0.15, 0.2) is 5.11 Å². The molecule has 0 bridgehead atoms. The van der Waals surface area contributed by atoms with Crippen LogP contribution in [-0.2, 0) is 0 Å². The number of thiocarbonyl (C=S) groups is 1. The molecule has 0 atom stereocenters. The Bertz CT molecular complexity index is 779. The van der Waals surface area contributed by atoms with Crippen LogP contribution in [0.4, 0.5) is 10.5 Å². The lowest BCUT2D eigenvalue weighted by Crippen LogP contribution is -2.40. The van der Waals surface area contributed by atoms with Crippen molar-refractivity contribution in [3.8, 4) is 6.07 Å². The normalized spacial score (nSPS) is 15.7. The summed E-state index contributed by atoms with van der Waals surface area (Å²) in [5.74, 6) is 0. The summed E-state index contributed by atoms with van der Waals surface area (Å²) in [6.07, 6.45) is 10.3. The monoisotopic (exact) mass is 359 g/mol. The van der Waals surface area contributed by atoms with Gasteiger partial charge in [-0.15, -0.1) is 0 Å². The first-order valence-electron chi connectivity index (χ1n) is 7.06. The van der Waals surface area contributed by atoms with E-state index in [-0.39, 0.29) is 10.3 Å². The number of nitrogens with zero attached hydrogens (tertiary/aromatic N) is 2. The number of hydrogen-bond donors (Lipinski definition) is 3. The second-order valence-electron chi connectivity index (χ2n) is 4.74. The van der Waals surface area contributed by atoms with Crippen molar-refractivity contribution in [2.24, 2.45) is 0 Å². The second-order valence-corrected chi connectivity index (χ2v) is 5.54. The van der Waals surface area contributed by atoms with Gasteiger partial charge in [-0.25, -0.2) is 9.78 Å². The van der Waals surface area contributed by atoms with Gasteiger partial charge in [0.2, 0.25) is 0 Å². The maximum Gasteiger partial charge on any atom is 0.325 e. The van der Waals surface area contributed by atoms with Gasteiger partial charge < -0.3 is 10.6 Å². The lowest BCUT2D eigenvalue weighted by molar-refractivity contribution is 0.256. The minimum Gasteiger partial charge on any atom is -0.333 e. The predicted octanol–water partition coefficient (Wildman–Crippen LogP) is 3.41. The zero-order valence-corrected chi connectivity index (χ0v) is 14.1. The van der Waals surface area contributed by atoms with Crippen LogP contribution < -0.4 is 16.0 Å². The number of carbonyl (C=O) groups excluding carboxylic acids is 1. The smallest absolute Gasteiger partial charge is 0.325 e. The lowest BCUT2D eigenvalue weighted by atomic mass is 10.1. The second kappa shape index (κ2) is 8.82. The van der Waals surface area contributed by atoms with Gasteiger partial charge in [-0.2, -0.15) is 5.26 Å². The molecule has 0 aliphatic heterocycles. The first-order valence-corrected chi connectivity index (χ1v) is 7.84. The van der Waals surface area contributed by atoms with Gasteiger partial charge in [-0.3, -0.25) is 5.32 Å². The summed E-state index contributed by atoms with van der Waals surface area (Å²) in [6.45, 7) is 0. The van der Waals surface area contributed by atoms with E-state index in [1.165, 1.54) is 12.3 Å². The largest absolute Gasteiger partial charge is 0.333 e. The molecular weight excluding hydrogens is 346 g/mol. The van der Waals surface area contributed by atoms with Gasteiger partial charge in [0.1, 0.15) is 5.15 Å². The Hall–Kier alpha value is -2.69. The summed E-state index contributed by atoms with van der Waals surface area (Å²) < 4.78 is 0. The lowest BCUT2D eigenvalue weighted by Gasteiger charge is -2.12. The van der Waals surface area contributed by atoms with Crippen molar-refractivity contribution in [1.82, 2.24) is 15.6 Å². The van der Waals surface area contributed by atoms with E-state index in [4.69, 9.17) is 29.1 Å². The molecule has 0 spiro atoms. The molecule has 1 heterocycles. The van der Waals surface area contributed by atoms with Crippen LogP contribution in [0.2, 0.25) is 5.15 Å². The SMILES string of the molecule is N#CC1=CCC/C=C(\NC(=S)NC(=O)Nc2ccnc(Cl)c2)C=C1. The Morgan fingerprint density at radius 3 is 2.83 bits per heavy atom. The highest BCUT2D eigenvalue weighted by Gasteiger charge is 2.06. The molecule has 0 saturated heterocycles. The molecule has 1 aromatic heterocycles. The van der Waals surface area contributed by atoms with Crippen LogP contribution in [0, 0.1) is 11.3 Å². The molecule has 0 unspecified atom stereocenters. The fourth-order valence-corrected chi connectivity index (χ4v) is 2.26. The number of anilines is 1. The molecule has 2 amide bonds. The number of carbonyl (C=O) groups is 1. The average molecular weight is 360 g/mol. The minimum absolute atomic E-state index is 0.145. The summed E-state index contributed by atoms with van der Waals surface area (Å²) in [7, 11) is 0. The van der Waals surface area contributed by atoms with Crippen molar-refractivity contribution in [3.05, 3.63) is 59.1 Å². The fraction of sp³-hybridized carbons (Fsp3) is 0.125. The molecule has 6 nitrogen and oxygen atoms in total. The zero-order chi connectivity index (χ0) is 17.4. The van der Waals surface area contributed by atoms with Crippen molar-refractivity contribution in [2.75, 3.05) is 5.32 Å². The van der Waals surface area contributed by atoms with Crippen molar-refractivity contribution in [3.63, 3.8) is 0 Å². The molecule has 24 heavy (non-hydrogen) atoms. The number of amides is 2. The highest BCUT2D eigenvalue weighted by molar-refractivity contribution is 7.80. The molecule has 1 aromatic rings. The molecule has 8 heteroatoms. The Kier molecular flexibility index (Phi) is 6.49. The van der Waals surface area contributed by atoms with E-state index in [1.807, 2.05) is 12.2 Å². The summed E-state index contributed by atoms with van der Waals surface area (Å²) in [4.78, 5) is 15.7. The topological polar surface area (TPSA) is 89.8 Å². The fourth-order valence-electron chi connectivity index (χ4n) is 1.88. The van der Waals surface area contributed by atoms with E-state index in [1.54, 1.807) is 18.2 Å². The van der Waals surface area contributed by atoms with Crippen LogP contribution in [0.1, 0.15) is 12.8 Å². The van der Waals surface area contributed by atoms with Gasteiger partial charge >= 0.3 is 6.03 Å². The van der Waals surface area contributed by atoms with Gasteiger partial charge in [0.05, 0.1) is 6.07 Å². The Balaban J connectivity index is 1.89. The van der Waals surface area contributed by atoms with Crippen molar-refractivity contribution in [1.29, 1.82) is 5.26 Å². The molecule has 2 rings (SSSR count). The first-order chi connectivity index (χ1) is 11.6. The number of allylic oxidation sites excluding steroid dienone is 5. The average Bonchev–Trinajstić information content (AvgIpc) is 2.50. The first kappa shape index (κ1) is 17.7. The maximum absolute atomic E-state index is 11.9. The molecule has 1 aliphatic rings. The molecular formula is C16H14ClN5OS. The van der Waals surface area contributed by atoms with Crippen LogP contribution in [0.25, 0.3) is 0 Å². The number of hydrogen-bond acceptors (Lipinski definition) is 4. The zero-order valence-electron chi connectivity index (χ0n) is 12.5.